The molecule has 0 saturated heterocycles. The van der Waals surface area contributed by atoms with E-state index in [-0.39, 0.29) is 32.4 Å². The Balaban J connectivity index is 1.93. The normalized spacial score (nSPS) is 11.0. The van der Waals surface area contributed by atoms with Gasteiger partial charge in [-0.3, -0.25) is 19.0 Å². The maximum atomic E-state index is 14.3. The highest BCUT2D eigenvalue weighted by atomic mass is 79.9. The number of carbonyl (C=O) groups excluding carboxylic acids is 2. The Bertz CT molecular complexity index is 1670. The number of halogens is 2. The summed E-state index contributed by atoms with van der Waals surface area (Å²) in [7, 11) is 4.61. The van der Waals surface area contributed by atoms with Crippen LogP contribution in [0.3, 0.4) is 0 Å². The summed E-state index contributed by atoms with van der Waals surface area (Å²) >= 11 is 4.12. The smallest absolute Gasteiger partial charge is 0.337 e. The van der Waals surface area contributed by atoms with Crippen molar-refractivity contribution in [3.8, 4) is 11.4 Å². The van der Waals surface area contributed by atoms with Gasteiger partial charge in [-0.2, -0.15) is 0 Å². The molecule has 0 saturated carbocycles. The quantitative estimate of drug-likeness (QED) is 0.369. The van der Waals surface area contributed by atoms with E-state index in [1.165, 1.54) is 30.2 Å². The molecule has 4 rings (SSSR count). The van der Waals surface area contributed by atoms with Crippen molar-refractivity contribution in [1.82, 2.24) is 14.0 Å². The number of benzene rings is 2. The molecule has 37 heavy (non-hydrogen) atoms. The number of nitrogens with one attached hydrogen (secondary N) is 1. The number of anilines is 1. The average molecular weight is 589 g/mol. The van der Waals surface area contributed by atoms with Crippen LogP contribution < -0.4 is 21.3 Å². The van der Waals surface area contributed by atoms with Gasteiger partial charge in [0, 0.05) is 24.6 Å². The molecule has 2 aromatic heterocycles. The fourth-order valence-corrected chi connectivity index (χ4v) is 5.44. The minimum atomic E-state index is -0.790. The Labute approximate surface area is 222 Å². The number of carbonyl (C=O) groups is 2. The van der Waals surface area contributed by atoms with Crippen molar-refractivity contribution in [2.45, 2.75) is 13.5 Å². The Morgan fingerprint density at radius 1 is 1.16 bits per heavy atom. The number of hydrogen-bond acceptors (Lipinski definition) is 6. The molecule has 0 spiro atoms. The second-order valence-electron chi connectivity index (χ2n) is 8.32. The number of aryl methyl sites for hydroxylation is 1. The number of hydrogen-bond donors (Lipinski definition) is 1. The first-order valence-corrected chi connectivity index (χ1v) is 12.5. The van der Waals surface area contributed by atoms with Crippen LogP contribution in [-0.2, 0) is 11.3 Å². The van der Waals surface area contributed by atoms with Crippen LogP contribution in [-0.4, -0.2) is 47.1 Å². The third kappa shape index (κ3) is 4.94. The van der Waals surface area contributed by atoms with Crippen LogP contribution >= 0.6 is 27.3 Å². The highest BCUT2D eigenvalue weighted by Crippen LogP contribution is 2.29. The van der Waals surface area contributed by atoms with Gasteiger partial charge in [-0.15, -0.1) is 11.3 Å². The van der Waals surface area contributed by atoms with Gasteiger partial charge in [0.2, 0.25) is 5.91 Å². The summed E-state index contributed by atoms with van der Waals surface area (Å²) in [6.45, 7) is 1.10. The molecule has 192 valence electrons. The lowest BCUT2D eigenvalue weighted by molar-refractivity contribution is -0.116. The van der Waals surface area contributed by atoms with Gasteiger partial charge >= 0.3 is 5.69 Å². The lowest BCUT2D eigenvalue weighted by atomic mass is 10.2. The van der Waals surface area contributed by atoms with E-state index in [0.717, 1.165) is 20.5 Å². The third-order valence-corrected chi connectivity index (χ3v) is 7.43. The summed E-state index contributed by atoms with van der Waals surface area (Å²) in [5.74, 6) is -1.27. The first kappa shape index (κ1) is 26.3. The fraction of sp³-hybridized carbons (Fsp3) is 0.200. The molecule has 0 aliphatic rings. The van der Waals surface area contributed by atoms with E-state index in [9.17, 15) is 23.6 Å². The van der Waals surface area contributed by atoms with Gasteiger partial charge in [-0.05, 0) is 42.8 Å². The largest absolute Gasteiger partial charge is 0.497 e. The summed E-state index contributed by atoms with van der Waals surface area (Å²) in [5, 5.41) is 2.60. The Morgan fingerprint density at radius 2 is 1.89 bits per heavy atom. The summed E-state index contributed by atoms with van der Waals surface area (Å²) < 4.78 is 22.1. The second kappa shape index (κ2) is 10.3. The topological polar surface area (TPSA) is 103 Å². The number of methoxy groups -OCH3 is 1. The van der Waals surface area contributed by atoms with Crippen molar-refractivity contribution in [2.75, 3.05) is 26.5 Å². The monoisotopic (exact) mass is 588 g/mol. The molecule has 2 aromatic carbocycles. The maximum Gasteiger partial charge on any atom is 0.337 e. The molecule has 0 radical (unpaired) electrons. The van der Waals surface area contributed by atoms with Gasteiger partial charge in [-0.25, -0.2) is 13.8 Å². The van der Waals surface area contributed by atoms with Crippen LogP contribution in [0.4, 0.5) is 10.1 Å². The summed E-state index contributed by atoms with van der Waals surface area (Å²) in [5.41, 5.74) is -0.856. The maximum absolute atomic E-state index is 14.3. The first-order valence-electron chi connectivity index (χ1n) is 10.9. The van der Waals surface area contributed by atoms with E-state index < -0.39 is 29.5 Å². The molecule has 9 nitrogen and oxygen atoms in total. The van der Waals surface area contributed by atoms with Crippen molar-refractivity contribution >= 4 is 55.0 Å². The van der Waals surface area contributed by atoms with E-state index in [0.29, 0.717) is 15.8 Å². The van der Waals surface area contributed by atoms with Gasteiger partial charge in [0.15, 0.2) is 0 Å². The third-order valence-electron chi connectivity index (χ3n) is 5.63. The van der Waals surface area contributed by atoms with Crippen LogP contribution in [0.2, 0.25) is 0 Å². The van der Waals surface area contributed by atoms with Crippen molar-refractivity contribution in [1.29, 1.82) is 0 Å². The molecule has 1 N–H and O–H groups in total. The van der Waals surface area contributed by atoms with E-state index in [1.54, 1.807) is 45.3 Å². The summed E-state index contributed by atoms with van der Waals surface area (Å²) in [6, 6.07) is 10.5. The number of fused-ring (bicyclic) bond motifs is 1. The predicted molar refractivity (Wildman–Crippen MR) is 144 cm³/mol. The predicted octanol–water partition coefficient (Wildman–Crippen LogP) is 3.77. The van der Waals surface area contributed by atoms with Gasteiger partial charge in [0.1, 0.15) is 22.9 Å². The van der Waals surface area contributed by atoms with Crippen LogP contribution in [0.15, 0.2) is 56.5 Å². The molecule has 0 atom stereocenters. The molecule has 2 amide bonds. The fourth-order valence-electron chi connectivity index (χ4n) is 3.79. The number of rotatable bonds is 6. The first-order chi connectivity index (χ1) is 17.5. The Hall–Kier alpha value is -3.77. The van der Waals surface area contributed by atoms with Gasteiger partial charge in [-0.1, -0.05) is 22.0 Å². The number of aromatic nitrogens is 2. The molecule has 0 unspecified atom stereocenters. The van der Waals surface area contributed by atoms with Crippen molar-refractivity contribution in [3.63, 3.8) is 0 Å². The van der Waals surface area contributed by atoms with Crippen LogP contribution in [0, 0.1) is 12.7 Å². The van der Waals surface area contributed by atoms with Crippen LogP contribution in [0.5, 0.6) is 5.75 Å². The van der Waals surface area contributed by atoms with Crippen LogP contribution in [0.1, 0.15) is 15.2 Å². The standard InChI is InChI=1S/C25H22BrFN4O5S/c1-13-20-22(33)31(15-6-5-7-16(11-15)36-4)25(35)30(24(20)37-21(13)23(34)29(2)3)12-19(32)28-18-9-8-14(26)10-17(18)27/h5-11H,12H2,1-4H3,(H,28,32). The summed E-state index contributed by atoms with van der Waals surface area (Å²) in [4.78, 5) is 54.9. The van der Waals surface area contributed by atoms with E-state index in [2.05, 4.69) is 21.2 Å². The van der Waals surface area contributed by atoms with Crippen LogP contribution in [0.25, 0.3) is 15.9 Å². The lowest BCUT2D eigenvalue weighted by Crippen LogP contribution is -2.40. The molecule has 0 aliphatic heterocycles. The number of thiophene rings is 1. The van der Waals surface area contributed by atoms with Gasteiger partial charge in [0.25, 0.3) is 11.5 Å². The Kier molecular flexibility index (Phi) is 7.32. The lowest BCUT2D eigenvalue weighted by Gasteiger charge is -2.13. The molecule has 2 heterocycles. The number of amides is 2. The van der Waals surface area contributed by atoms with Crippen molar-refractivity contribution in [2.24, 2.45) is 0 Å². The second-order valence-corrected chi connectivity index (χ2v) is 10.2. The Morgan fingerprint density at radius 3 is 2.54 bits per heavy atom. The zero-order valence-electron chi connectivity index (χ0n) is 20.3. The highest BCUT2D eigenvalue weighted by molar-refractivity contribution is 9.10. The highest BCUT2D eigenvalue weighted by Gasteiger charge is 2.25. The van der Waals surface area contributed by atoms with Crippen molar-refractivity contribution < 1.29 is 18.7 Å². The molecular weight excluding hydrogens is 567 g/mol. The minimum Gasteiger partial charge on any atom is -0.497 e. The summed E-state index contributed by atoms with van der Waals surface area (Å²) in [6.07, 6.45) is 0. The SMILES string of the molecule is COc1cccc(-n2c(=O)c3c(C)c(C(=O)N(C)C)sc3n(CC(=O)Nc3ccc(Br)cc3F)c2=O)c1. The van der Waals surface area contributed by atoms with Crippen molar-refractivity contribution in [3.05, 3.63) is 84.0 Å². The van der Waals surface area contributed by atoms with Gasteiger partial charge < -0.3 is 15.0 Å². The van der Waals surface area contributed by atoms with E-state index >= 15 is 0 Å². The van der Waals surface area contributed by atoms with E-state index in [1.807, 2.05) is 0 Å². The zero-order chi connectivity index (χ0) is 27.0. The van der Waals surface area contributed by atoms with Gasteiger partial charge in [0.05, 0.1) is 28.7 Å². The molecule has 0 aliphatic carbocycles. The molecule has 4 aromatic rings. The zero-order valence-corrected chi connectivity index (χ0v) is 22.7. The number of nitrogens with zero attached hydrogens (tertiary/aromatic N) is 3. The molecule has 12 heteroatoms. The molecule has 0 bridgehead atoms. The number of ether oxygens (including phenoxy) is 1. The molecular formula is C25H22BrFN4O5S. The minimum absolute atomic E-state index is 0.0653. The average Bonchev–Trinajstić information content (AvgIpc) is 3.20. The van der Waals surface area contributed by atoms with E-state index in [4.69, 9.17) is 4.74 Å². The molecule has 0 fully saturated rings.